The fourth-order valence-corrected chi connectivity index (χ4v) is 2.53. The van der Waals surface area contributed by atoms with Crippen LogP contribution in [0.4, 0.5) is 11.4 Å². The number of nitro groups is 1. The molecule has 0 spiro atoms. The summed E-state index contributed by atoms with van der Waals surface area (Å²) in [6.07, 6.45) is -0.0473. The minimum atomic E-state index is -0.616. The third kappa shape index (κ3) is 4.04. The first-order valence-electron chi connectivity index (χ1n) is 7.38. The molecule has 8 heteroatoms. The van der Waals surface area contributed by atoms with Crippen molar-refractivity contribution in [2.24, 2.45) is 0 Å². The van der Waals surface area contributed by atoms with Crippen LogP contribution in [0.1, 0.15) is 18.9 Å². The highest BCUT2D eigenvalue weighted by Gasteiger charge is 2.32. The molecule has 0 bridgehead atoms. The van der Waals surface area contributed by atoms with Crippen molar-refractivity contribution in [3.63, 3.8) is 0 Å². The zero-order chi connectivity index (χ0) is 17.0. The summed E-state index contributed by atoms with van der Waals surface area (Å²) in [5, 5.41) is 13.5. The van der Waals surface area contributed by atoms with Gasteiger partial charge in [-0.3, -0.25) is 24.6 Å². The van der Waals surface area contributed by atoms with Gasteiger partial charge in [0.2, 0.25) is 5.91 Å². The van der Waals surface area contributed by atoms with Crippen LogP contribution in [0.2, 0.25) is 0 Å². The number of aryl methyl sites for hydroxylation is 1. The standard InChI is InChI=1S/C15H19N3O5/c1-3-17-6-7-23-15(20)13(17)9-14(19)16-11-5-4-10(2)12(8-11)18(21)22/h4-5,8,13H,3,6-7,9H2,1-2H3,(H,16,19)/t13-/m0/s1. The molecular weight excluding hydrogens is 302 g/mol. The molecule has 8 nitrogen and oxygen atoms in total. The highest BCUT2D eigenvalue weighted by atomic mass is 16.6. The Labute approximate surface area is 133 Å². The van der Waals surface area contributed by atoms with E-state index >= 15 is 0 Å². The Bertz CT molecular complexity index is 632. The van der Waals surface area contributed by atoms with Crippen molar-refractivity contribution in [2.75, 3.05) is 25.0 Å². The Morgan fingerprint density at radius 3 is 2.91 bits per heavy atom. The molecule has 1 atom stereocenters. The maximum atomic E-state index is 12.1. The van der Waals surface area contributed by atoms with E-state index in [1.54, 1.807) is 19.1 Å². The molecule has 124 valence electrons. The number of benzene rings is 1. The molecule has 1 aromatic rings. The van der Waals surface area contributed by atoms with Crippen molar-refractivity contribution in [1.82, 2.24) is 4.90 Å². The average molecular weight is 321 g/mol. The number of hydrogen-bond donors (Lipinski definition) is 1. The van der Waals surface area contributed by atoms with Crippen LogP contribution in [0, 0.1) is 17.0 Å². The summed E-state index contributed by atoms with van der Waals surface area (Å²) in [6, 6.07) is 3.86. The minimum absolute atomic E-state index is 0.0473. The van der Waals surface area contributed by atoms with Crippen LogP contribution in [0.15, 0.2) is 18.2 Å². The molecule has 0 aromatic heterocycles. The molecule has 1 aromatic carbocycles. The van der Waals surface area contributed by atoms with E-state index in [0.29, 0.717) is 30.9 Å². The third-order valence-electron chi connectivity index (χ3n) is 3.81. The van der Waals surface area contributed by atoms with Gasteiger partial charge in [0.25, 0.3) is 5.69 Å². The number of anilines is 1. The van der Waals surface area contributed by atoms with Crippen LogP contribution >= 0.6 is 0 Å². The lowest BCUT2D eigenvalue weighted by molar-refractivity contribution is -0.385. The summed E-state index contributed by atoms with van der Waals surface area (Å²) in [5.41, 5.74) is 0.788. The van der Waals surface area contributed by atoms with E-state index in [9.17, 15) is 19.7 Å². The number of nitrogens with zero attached hydrogens (tertiary/aromatic N) is 2. The van der Waals surface area contributed by atoms with Gasteiger partial charge in [-0.05, 0) is 19.5 Å². The Hall–Kier alpha value is -2.48. The Morgan fingerprint density at radius 1 is 1.52 bits per heavy atom. The highest BCUT2D eigenvalue weighted by molar-refractivity contribution is 5.94. The molecule has 23 heavy (non-hydrogen) atoms. The zero-order valence-corrected chi connectivity index (χ0v) is 13.1. The maximum Gasteiger partial charge on any atom is 0.323 e. The van der Waals surface area contributed by atoms with E-state index in [1.165, 1.54) is 6.07 Å². The number of cyclic esters (lactones) is 1. The zero-order valence-electron chi connectivity index (χ0n) is 13.1. The first-order valence-corrected chi connectivity index (χ1v) is 7.38. The van der Waals surface area contributed by atoms with Gasteiger partial charge in [0.1, 0.15) is 12.6 Å². The number of likely N-dealkylation sites (N-methyl/N-ethyl adjacent to an activating group) is 1. The lowest BCUT2D eigenvalue weighted by Crippen LogP contribution is -2.50. The number of nitrogens with one attached hydrogen (secondary N) is 1. The smallest absolute Gasteiger partial charge is 0.323 e. The predicted molar refractivity (Wildman–Crippen MR) is 83.1 cm³/mol. The van der Waals surface area contributed by atoms with Gasteiger partial charge in [0, 0.05) is 23.9 Å². The fraction of sp³-hybridized carbons (Fsp3) is 0.467. The lowest BCUT2D eigenvalue weighted by Gasteiger charge is -2.32. The summed E-state index contributed by atoms with van der Waals surface area (Å²) < 4.78 is 4.99. The summed E-state index contributed by atoms with van der Waals surface area (Å²) in [6.45, 7) is 5.10. The van der Waals surface area contributed by atoms with Crippen LogP contribution in [0.3, 0.4) is 0 Å². The minimum Gasteiger partial charge on any atom is -0.463 e. The molecule has 0 radical (unpaired) electrons. The molecule has 2 rings (SSSR count). The van der Waals surface area contributed by atoms with E-state index in [0.717, 1.165) is 0 Å². The van der Waals surface area contributed by atoms with E-state index in [2.05, 4.69) is 5.32 Å². The maximum absolute atomic E-state index is 12.1. The highest BCUT2D eigenvalue weighted by Crippen LogP contribution is 2.22. The molecule has 0 saturated carbocycles. The summed E-state index contributed by atoms with van der Waals surface area (Å²) in [5.74, 6) is -0.798. The van der Waals surface area contributed by atoms with Crippen LogP contribution in [-0.4, -0.2) is 47.4 Å². The van der Waals surface area contributed by atoms with Crippen LogP contribution in [-0.2, 0) is 14.3 Å². The molecule has 1 fully saturated rings. The molecule has 1 aliphatic rings. The summed E-state index contributed by atoms with van der Waals surface area (Å²) in [7, 11) is 0. The number of carbonyl (C=O) groups excluding carboxylic acids is 2. The number of esters is 1. The monoisotopic (exact) mass is 321 g/mol. The SMILES string of the molecule is CCN1CCOC(=O)[C@@H]1CC(=O)Nc1ccc(C)c([N+](=O)[O-])c1. The van der Waals surface area contributed by atoms with Crippen molar-refractivity contribution >= 4 is 23.3 Å². The van der Waals surface area contributed by atoms with Gasteiger partial charge in [0.05, 0.1) is 11.3 Å². The Morgan fingerprint density at radius 2 is 2.26 bits per heavy atom. The first-order chi connectivity index (χ1) is 10.9. The number of ether oxygens (including phenoxy) is 1. The van der Waals surface area contributed by atoms with Gasteiger partial charge in [0.15, 0.2) is 0 Å². The second-order valence-corrected chi connectivity index (χ2v) is 5.32. The predicted octanol–water partition coefficient (Wildman–Crippen LogP) is 1.48. The second kappa shape index (κ2) is 7.19. The van der Waals surface area contributed by atoms with Crippen molar-refractivity contribution in [3.05, 3.63) is 33.9 Å². The average Bonchev–Trinajstić information content (AvgIpc) is 2.51. The van der Waals surface area contributed by atoms with E-state index in [-0.39, 0.29) is 18.0 Å². The topological polar surface area (TPSA) is 102 Å². The number of nitro benzene ring substituents is 1. The Balaban J connectivity index is 2.05. The molecule has 1 aliphatic heterocycles. The van der Waals surface area contributed by atoms with E-state index in [1.807, 2.05) is 11.8 Å². The first kappa shape index (κ1) is 16.9. The summed E-state index contributed by atoms with van der Waals surface area (Å²) in [4.78, 5) is 36.3. The lowest BCUT2D eigenvalue weighted by atomic mass is 10.1. The number of amides is 1. The van der Waals surface area contributed by atoms with E-state index in [4.69, 9.17) is 4.74 Å². The van der Waals surface area contributed by atoms with Crippen LogP contribution < -0.4 is 5.32 Å². The molecule has 1 N–H and O–H groups in total. The number of rotatable bonds is 5. The molecule has 1 amide bonds. The fourth-order valence-electron chi connectivity index (χ4n) is 2.53. The number of hydrogen-bond acceptors (Lipinski definition) is 6. The number of morpholine rings is 1. The normalized spacial score (nSPS) is 18.3. The third-order valence-corrected chi connectivity index (χ3v) is 3.81. The number of carbonyl (C=O) groups is 2. The molecule has 0 unspecified atom stereocenters. The van der Waals surface area contributed by atoms with Gasteiger partial charge in [-0.1, -0.05) is 13.0 Å². The van der Waals surface area contributed by atoms with Crippen molar-refractivity contribution in [2.45, 2.75) is 26.3 Å². The van der Waals surface area contributed by atoms with Gasteiger partial charge in [-0.2, -0.15) is 0 Å². The molecule has 1 saturated heterocycles. The van der Waals surface area contributed by atoms with Crippen LogP contribution in [0.25, 0.3) is 0 Å². The van der Waals surface area contributed by atoms with Crippen LogP contribution in [0.5, 0.6) is 0 Å². The summed E-state index contributed by atoms with van der Waals surface area (Å²) >= 11 is 0. The molecule has 1 heterocycles. The Kier molecular flexibility index (Phi) is 5.28. The van der Waals surface area contributed by atoms with Crippen molar-refractivity contribution < 1.29 is 19.2 Å². The van der Waals surface area contributed by atoms with Gasteiger partial charge >= 0.3 is 5.97 Å². The van der Waals surface area contributed by atoms with Gasteiger partial charge < -0.3 is 10.1 Å². The largest absolute Gasteiger partial charge is 0.463 e. The quantitative estimate of drug-likeness (QED) is 0.501. The molecular formula is C15H19N3O5. The van der Waals surface area contributed by atoms with Crippen molar-refractivity contribution in [3.8, 4) is 0 Å². The van der Waals surface area contributed by atoms with Gasteiger partial charge in [-0.25, -0.2) is 0 Å². The van der Waals surface area contributed by atoms with E-state index < -0.39 is 16.9 Å². The molecule has 0 aliphatic carbocycles. The van der Waals surface area contributed by atoms with Gasteiger partial charge in [-0.15, -0.1) is 0 Å². The van der Waals surface area contributed by atoms with Crippen molar-refractivity contribution in [1.29, 1.82) is 0 Å². The second-order valence-electron chi connectivity index (χ2n) is 5.32.